The van der Waals surface area contributed by atoms with Gasteiger partial charge in [-0.1, -0.05) is 5.11 Å². The minimum atomic E-state index is -0.970. The molecule has 88 valence electrons. The van der Waals surface area contributed by atoms with Crippen molar-refractivity contribution in [1.29, 1.82) is 0 Å². The van der Waals surface area contributed by atoms with Gasteiger partial charge in [-0.05, 0) is 38.1 Å². The first-order chi connectivity index (χ1) is 7.70. The highest BCUT2D eigenvalue weighted by atomic mass is 16.5. The Morgan fingerprint density at radius 1 is 1.56 bits per heavy atom. The van der Waals surface area contributed by atoms with Crippen LogP contribution in [0.2, 0.25) is 0 Å². The summed E-state index contributed by atoms with van der Waals surface area (Å²) in [5.41, 5.74) is 7.65. The summed E-state index contributed by atoms with van der Waals surface area (Å²) in [7, 11) is 0. The van der Waals surface area contributed by atoms with Crippen LogP contribution < -0.4 is 5.32 Å². The second kappa shape index (κ2) is 4.31. The molecule has 6 nitrogen and oxygen atoms in total. The van der Waals surface area contributed by atoms with E-state index in [1.807, 2.05) is 0 Å². The van der Waals surface area contributed by atoms with Crippen LogP contribution in [0.1, 0.15) is 32.6 Å². The first-order valence-corrected chi connectivity index (χ1v) is 5.70. The molecule has 0 aromatic heterocycles. The minimum absolute atomic E-state index is 0.286. The van der Waals surface area contributed by atoms with Crippen molar-refractivity contribution < 1.29 is 9.53 Å². The SMILES string of the molecule is CCOC(=O)C1(N=[N+]=[N-])CC2CCC(C1)N2. The maximum atomic E-state index is 11.9. The van der Waals surface area contributed by atoms with Crippen LogP contribution in [-0.4, -0.2) is 30.2 Å². The Hall–Kier alpha value is -1.26. The second-order valence-electron chi connectivity index (χ2n) is 4.49. The molecule has 0 aromatic rings. The number of esters is 1. The van der Waals surface area contributed by atoms with E-state index in [2.05, 4.69) is 15.3 Å². The molecule has 6 heteroatoms. The van der Waals surface area contributed by atoms with Crippen LogP contribution in [0.15, 0.2) is 5.11 Å². The number of rotatable bonds is 3. The highest BCUT2D eigenvalue weighted by Crippen LogP contribution is 2.37. The first-order valence-electron chi connectivity index (χ1n) is 5.70. The van der Waals surface area contributed by atoms with Crippen molar-refractivity contribution in [3.63, 3.8) is 0 Å². The number of carbonyl (C=O) groups is 1. The van der Waals surface area contributed by atoms with Gasteiger partial charge in [0.15, 0.2) is 0 Å². The minimum Gasteiger partial charge on any atom is -0.465 e. The van der Waals surface area contributed by atoms with Crippen molar-refractivity contribution in [1.82, 2.24) is 5.32 Å². The fourth-order valence-electron chi connectivity index (χ4n) is 2.76. The lowest BCUT2D eigenvalue weighted by Gasteiger charge is -2.35. The lowest BCUT2D eigenvalue weighted by molar-refractivity contribution is -0.151. The third kappa shape index (κ3) is 1.86. The van der Waals surface area contributed by atoms with E-state index in [9.17, 15) is 4.79 Å². The van der Waals surface area contributed by atoms with Gasteiger partial charge in [0.25, 0.3) is 0 Å². The number of hydrogen-bond acceptors (Lipinski definition) is 4. The lowest BCUT2D eigenvalue weighted by Crippen LogP contribution is -2.52. The van der Waals surface area contributed by atoms with E-state index < -0.39 is 5.54 Å². The van der Waals surface area contributed by atoms with Gasteiger partial charge in [0.2, 0.25) is 0 Å². The molecule has 0 aliphatic carbocycles. The first kappa shape index (κ1) is 11.2. The average molecular weight is 224 g/mol. The number of carbonyl (C=O) groups excluding carboxylic acids is 1. The molecule has 2 rings (SSSR count). The molecule has 0 spiro atoms. The molecule has 2 unspecified atom stereocenters. The third-order valence-corrected chi connectivity index (χ3v) is 3.39. The fraction of sp³-hybridized carbons (Fsp3) is 0.900. The summed E-state index contributed by atoms with van der Waals surface area (Å²) < 4.78 is 5.03. The van der Waals surface area contributed by atoms with Crippen molar-refractivity contribution in [2.45, 2.75) is 50.2 Å². The third-order valence-electron chi connectivity index (χ3n) is 3.39. The van der Waals surface area contributed by atoms with Gasteiger partial charge in [-0.25, -0.2) is 0 Å². The predicted molar refractivity (Wildman–Crippen MR) is 57.7 cm³/mol. The van der Waals surface area contributed by atoms with Gasteiger partial charge in [0.1, 0.15) is 5.54 Å². The Kier molecular flexibility index (Phi) is 3.03. The van der Waals surface area contributed by atoms with E-state index in [4.69, 9.17) is 10.3 Å². The van der Waals surface area contributed by atoms with Gasteiger partial charge in [0.05, 0.1) is 6.61 Å². The Bertz CT molecular complexity index is 326. The molecule has 0 aromatic carbocycles. The lowest BCUT2D eigenvalue weighted by atomic mass is 9.85. The van der Waals surface area contributed by atoms with Crippen LogP contribution in [0.4, 0.5) is 0 Å². The number of fused-ring (bicyclic) bond motifs is 2. The number of nitrogens with zero attached hydrogens (tertiary/aromatic N) is 3. The zero-order valence-electron chi connectivity index (χ0n) is 9.35. The van der Waals surface area contributed by atoms with Crippen LogP contribution in [0.25, 0.3) is 10.4 Å². The maximum Gasteiger partial charge on any atom is 0.318 e. The van der Waals surface area contributed by atoms with Crippen molar-refractivity contribution in [3.8, 4) is 0 Å². The van der Waals surface area contributed by atoms with E-state index in [0.29, 0.717) is 19.4 Å². The van der Waals surface area contributed by atoms with E-state index in [1.165, 1.54) is 0 Å². The van der Waals surface area contributed by atoms with Crippen LogP contribution >= 0.6 is 0 Å². The molecule has 2 atom stereocenters. The molecule has 0 amide bonds. The highest BCUT2D eigenvalue weighted by molar-refractivity contribution is 5.81. The van der Waals surface area contributed by atoms with Gasteiger partial charge in [-0.15, -0.1) is 0 Å². The van der Waals surface area contributed by atoms with Crippen molar-refractivity contribution in [3.05, 3.63) is 10.4 Å². The second-order valence-corrected chi connectivity index (χ2v) is 4.49. The van der Waals surface area contributed by atoms with Gasteiger partial charge in [0, 0.05) is 17.0 Å². The molecule has 2 heterocycles. The highest BCUT2D eigenvalue weighted by Gasteiger charge is 2.49. The topological polar surface area (TPSA) is 87.1 Å². The summed E-state index contributed by atoms with van der Waals surface area (Å²) in [5, 5.41) is 7.15. The van der Waals surface area contributed by atoms with E-state index >= 15 is 0 Å². The van der Waals surface area contributed by atoms with Crippen LogP contribution in [0, 0.1) is 0 Å². The molecule has 2 fully saturated rings. The summed E-state index contributed by atoms with van der Waals surface area (Å²) >= 11 is 0. The van der Waals surface area contributed by atoms with Gasteiger partial charge < -0.3 is 10.1 Å². The predicted octanol–water partition coefficient (Wildman–Crippen LogP) is 1.51. The zero-order chi connectivity index (χ0) is 11.6. The number of azide groups is 1. The number of hydrogen-bond donors (Lipinski definition) is 1. The summed E-state index contributed by atoms with van der Waals surface area (Å²) in [6, 6.07) is 0.572. The van der Waals surface area contributed by atoms with Gasteiger partial charge in [-0.2, -0.15) is 0 Å². The van der Waals surface area contributed by atoms with Crippen molar-refractivity contribution >= 4 is 5.97 Å². The number of nitrogens with one attached hydrogen (secondary N) is 1. The molecular weight excluding hydrogens is 208 g/mol. The van der Waals surface area contributed by atoms with Crippen molar-refractivity contribution in [2.75, 3.05) is 6.61 Å². The molecule has 0 saturated carbocycles. The normalized spacial score (nSPS) is 36.6. The maximum absolute atomic E-state index is 11.9. The Morgan fingerprint density at radius 3 is 2.69 bits per heavy atom. The van der Waals surface area contributed by atoms with Crippen molar-refractivity contribution in [2.24, 2.45) is 5.11 Å². The fourth-order valence-corrected chi connectivity index (χ4v) is 2.76. The Balaban J connectivity index is 2.22. The summed E-state index contributed by atoms with van der Waals surface area (Å²) in [6.45, 7) is 2.08. The van der Waals surface area contributed by atoms with E-state index in [-0.39, 0.29) is 18.1 Å². The van der Waals surface area contributed by atoms with Crippen LogP contribution in [0.5, 0.6) is 0 Å². The Labute approximate surface area is 94.0 Å². The molecule has 2 aliphatic rings. The molecule has 1 N–H and O–H groups in total. The summed E-state index contributed by atoms with van der Waals surface area (Å²) in [4.78, 5) is 14.7. The average Bonchev–Trinajstić information content (AvgIpc) is 2.59. The van der Waals surface area contributed by atoms with E-state index in [0.717, 1.165) is 12.8 Å². The molecule has 2 saturated heterocycles. The molecular formula is C10H16N4O2. The van der Waals surface area contributed by atoms with E-state index in [1.54, 1.807) is 6.92 Å². The van der Waals surface area contributed by atoms with Crippen LogP contribution in [-0.2, 0) is 9.53 Å². The monoisotopic (exact) mass is 224 g/mol. The van der Waals surface area contributed by atoms with Crippen LogP contribution in [0.3, 0.4) is 0 Å². The molecule has 0 radical (unpaired) electrons. The molecule has 2 aliphatic heterocycles. The largest absolute Gasteiger partial charge is 0.465 e. The summed E-state index contributed by atoms with van der Waals surface area (Å²) in [5.74, 6) is -0.369. The van der Waals surface area contributed by atoms with Gasteiger partial charge >= 0.3 is 5.97 Å². The molecule has 2 bridgehead atoms. The standard InChI is InChI=1S/C10H16N4O2/c1-2-16-9(15)10(13-14-11)5-7-3-4-8(6-10)12-7/h7-8,12H,2-6H2,1H3. The Morgan fingerprint density at radius 2 is 2.19 bits per heavy atom. The summed E-state index contributed by atoms with van der Waals surface area (Å²) in [6.07, 6.45) is 3.22. The smallest absolute Gasteiger partial charge is 0.318 e. The number of piperidine rings is 1. The number of ether oxygens (including phenoxy) is 1. The van der Waals surface area contributed by atoms with Gasteiger partial charge in [-0.3, -0.25) is 4.79 Å². The molecule has 16 heavy (non-hydrogen) atoms. The quantitative estimate of drug-likeness (QED) is 0.341. The zero-order valence-corrected chi connectivity index (χ0v) is 9.35.